The van der Waals surface area contributed by atoms with E-state index in [1.54, 1.807) is 0 Å². The Morgan fingerprint density at radius 2 is 1.41 bits per heavy atom. The Morgan fingerprint density at radius 1 is 1.00 bits per heavy atom. The van der Waals surface area contributed by atoms with Gasteiger partial charge in [-0.05, 0) is 63.2 Å². The van der Waals surface area contributed by atoms with Gasteiger partial charge in [0.2, 0.25) is 0 Å². The number of hydrogen-bond donors (Lipinski definition) is 2. The number of quaternary nitrogens is 1. The SMILES string of the molecule is C[C@H]([C@@H](O)C12CC3CC(CC(C3)C1)C2)[NH+](C)C. The molecule has 4 aliphatic rings. The van der Waals surface area contributed by atoms with Gasteiger partial charge in [0.1, 0.15) is 12.1 Å². The quantitative estimate of drug-likeness (QED) is 0.756. The zero-order valence-electron chi connectivity index (χ0n) is 11.6. The maximum atomic E-state index is 10.8. The van der Waals surface area contributed by atoms with Crippen LogP contribution >= 0.6 is 0 Å². The molecule has 2 nitrogen and oxygen atoms in total. The summed E-state index contributed by atoms with van der Waals surface area (Å²) in [5, 5.41) is 10.8. The van der Waals surface area contributed by atoms with Crippen LogP contribution in [-0.4, -0.2) is 31.3 Å². The van der Waals surface area contributed by atoms with Crippen molar-refractivity contribution in [2.75, 3.05) is 14.1 Å². The largest absolute Gasteiger partial charge is 0.386 e. The van der Waals surface area contributed by atoms with Gasteiger partial charge in [-0.15, -0.1) is 0 Å². The third-order valence-electron chi connectivity index (χ3n) is 6.10. The molecular formula is C15H28NO+. The van der Waals surface area contributed by atoms with Crippen molar-refractivity contribution in [2.24, 2.45) is 23.2 Å². The van der Waals surface area contributed by atoms with E-state index in [1.165, 1.54) is 43.4 Å². The average Bonchev–Trinajstić information content (AvgIpc) is 2.25. The van der Waals surface area contributed by atoms with Crippen LogP contribution in [0.3, 0.4) is 0 Å². The Hall–Kier alpha value is -0.0800. The van der Waals surface area contributed by atoms with Crippen molar-refractivity contribution in [3.05, 3.63) is 0 Å². The van der Waals surface area contributed by atoms with E-state index < -0.39 is 0 Å². The van der Waals surface area contributed by atoms with Crippen molar-refractivity contribution in [2.45, 2.75) is 57.6 Å². The van der Waals surface area contributed by atoms with Crippen molar-refractivity contribution < 1.29 is 10.0 Å². The molecule has 2 N–H and O–H groups in total. The summed E-state index contributed by atoms with van der Waals surface area (Å²) in [4.78, 5) is 1.40. The first kappa shape index (κ1) is 12.0. The second-order valence-corrected chi connectivity index (χ2v) is 7.59. The lowest BCUT2D eigenvalue weighted by Gasteiger charge is -2.59. The molecule has 0 aromatic rings. The molecule has 4 rings (SSSR count). The summed E-state index contributed by atoms with van der Waals surface area (Å²) in [6, 6.07) is 0.381. The Kier molecular flexibility index (Phi) is 2.79. The molecule has 0 aliphatic heterocycles. The van der Waals surface area contributed by atoms with E-state index >= 15 is 0 Å². The summed E-state index contributed by atoms with van der Waals surface area (Å²) in [5.41, 5.74) is 0.297. The second-order valence-electron chi connectivity index (χ2n) is 7.59. The van der Waals surface area contributed by atoms with E-state index in [9.17, 15) is 5.11 Å². The van der Waals surface area contributed by atoms with Gasteiger partial charge in [0, 0.05) is 5.41 Å². The van der Waals surface area contributed by atoms with Gasteiger partial charge in [-0.3, -0.25) is 0 Å². The van der Waals surface area contributed by atoms with E-state index in [2.05, 4.69) is 21.0 Å². The fourth-order valence-electron chi connectivity index (χ4n) is 5.39. The number of nitrogens with one attached hydrogen (secondary N) is 1. The minimum absolute atomic E-state index is 0.0825. The maximum Gasteiger partial charge on any atom is 0.111 e. The number of rotatable bonds is 3. The highest BCUT2D eigenvalue weighted by atomic mass is 16.3. The van der Waals surface area contributed by atoms with Crippen LogP contribution in [0.1, 0.15) is 45.4 Å². The molecule has 0 amide bonds. The summed E-state index contributed by atoms with van der Waals surface area (Å²) in [6.07, 6.45) is 8.27. The Bertz CT molecular complexity index is 264. The first-order chi connectivity index (χ1) is 8.00. The predicted molar refractivity (Wildman–Crippen MR) is 68.9 cm³/mol. The zero-order chi connectivity index (χ0) is 12.2. The van der Waals surface area contributed by atoms with Crippen LogP contribution in [0.15, 0.2) is 0 Å². The second kappa shape index (κ2) is 3.96. The summed E-state index contributed by atoms with van der Waals surface area (Å²) in [7, 11) is 4.35. The molecule has 0 aromatic heterocycles. The molecular weight excluding hydrogens is 210 g/mol. The van der Waals surface area contributed by atoms with Crippen LogP contribution in [-0.2, 0) is 0 Å². The highest BCUT2D eigenvalue weighted by molar-refractivity contribution is 5.05. The van der Waals surface area contributed by atoms with Gasteiger partial charge in [0.15, 0.2) is 0 Å². The highest BCUT2D eigenvalue weighted by Crippen LogP contribution is 2.61. The summed E-state index contributed by atoms with van der Waals surface area (Å²) < 4.78 is 0. The molecule has 2 atom stereocenters. The van der Waals surface area contributed by atoms with E-state index in [0.717, 1.165) is 17.8 Å². The molecule has 0 spiro atoms. The lowest BCUT2D eigenvalue weighted by Crippen LogP contribution is -3.11. The molecule has 0 aromatic carbocycles. The molecule has 0 heterocycles. The molecule has 4 fully saturated rings. The van der Waals surface area contributed by atoms with Crippen LogP contribution < -0.4 is 4.90 Å². The lowest BCUT2D eigenvalue weighted by atomic mass is 9.47. The van der Waals surface area contributed by atoms with Gasteiger partial charge in [-0.1, -0.05) is 0 Å². The van der Waals surface area contributed by atoms with Crippen LogP contribution in [0.25, 0.3) is 0 Å². The number of aliphatic hydroxyl groups excluding tert-OH is 1. The van der Waals surface area contributed by atoms with Gasteiger partial charge >= 0.3 is 0 Å². The Morgan fingerprint density at radius 3 is 1.76 bits per heavy atom. The summed E-state index contributed by atoms with van der Waals surface area (Å²) in [6.45, 7) is 2.22. The third kappa shape index (κ3) is 1.84. The first-order valence-electron chi connectivity index (χ1n) is 7.48. The van der Waals surface area contributed by atoms with Crippen LogP contribution in [0, 0.1) is 23.2 Å². The summed E-state index contributed by atoms with van der Waals surface area (Å²) >= 11 is 0. The van der Waals surface area contributed by atoms with E-state index in [4.69, 9.17) is 0 Å². The maximum absolute atomic E-state index is 10.8. The Balaban J connectivity index is 1.81. The molecule has 0 saturated heterocycles. The van der Waals surface area contributed by atoms with Gasteiger partial charge < -0.3 is 10.0 Å². The normalized spacial score (nSPS) is 47.5. The van der Waals surface area contributed by atoms with Crippen molar-refractivity contribution >= 4 is 0 Å². The third-order valence-corrected chi connectivity index (χ3v) is 6.10. The standard InChI is InChI=1S/C15H27NO/c1-10(16(2)3)14(17)15-7-11-4-12(8-15)6-13(5-11)9-15/h10-14,17H,4-9H2,1-3H3/p+1/t10-,11?,12?,13?,14-,15?/m1/s1. The molecule has 98 valence electrons. The molecule has 0 unspecified atom stereocenters. The number of hydrogen-bond acceptors (Lipinski definition) is 1. The molecule has 4 bridgehead atoms. The van der Waals surface area contributed by atoms with Crippen molar-refractivity contribution in [3.63, 3.8) is 0 Å². The van der Waals surface area contributed by atoms with Crippen LogP contribution in [0.4, 0.5) is 0 Å². The topological polar surface area (TPSA) is 24.7 Å². The van der Waals surface area contributed by atoms with Gasteiger partial charge in [-0.25, -0.2) is 0 Å². The molecule has 2 heteroatoms. The number of likely N-dealkylation sites (N-methyl/N-ethyl adjacent to an activating group) is 1. The molecule has 4 aliphatic carbocycles. The van der Waals surface area contributed by atoms with E-state index in [0.29, 0.717) is 11.5 Å². The fraction of sp³-hybridized carbons (Fsp3) is 1.00. The predicted octanol–water partition coefficient (Wildman–Crippen LogP) is 1.10. The Labute approximate surface area is 105 Å². The van der Waals surface area contributed by atoms with Gasteiger partial charge in [0.05, 0.1) is 14.1 Å². The molecule has 0 radical (unpaired) electrons. The molecule has 4 saturated carbocycles. The van der Waals surface area contributed by atoms with Crippen LogP contribution in [0.2, 0.25) is 0 Å². The average molecular weight is 238 g/mol. The van der Waals surface area contributed by atoms with Crippen LogP contribution in [0.5, 0.6) is 0 Å². The number of aliphatic hydroxyl groups is 1. The smallest absolute Gasteiger partial charge is 0.111 e. The van der Waals surface area contributed by atoms with Crippen molar-refractivity contribution in [1.82, 2.24) is 0 Å². The van der Waals surface area contributed by atoms with Crippen molar-refractivity contribution in [3.8, 4) is 0 Å². The van der Waals surface area contributed by atoms with Gasteiger partial charge in [0.25, 0.3) is 0 Å². The van der Waals surface area contributed by atoms with E-state index in [-0.39, 0.29) is 6.10 Å². The van der Waals surface area contributed by atoms with E-state index in [1.807, 2.05) is 0 Å². The zero-order valence-corrected chi connectivity index (χ0v) is 11.6. The molecule has 17 heavy (non-hydrogen) atoms. The minimum Gasteiger partial charge on any atom is -0.386 e. The fourth-order valence-corrected chi connectivity index (χ4v) is 5.39. The highest BCUT2D eigenvalue weighted by Gasteiger charge is 2.55. The monoisotopic (exact) mass is 238 g/mol. The lowest BCUT2D eigenvalue weighted by molar-refractivity contribution is -0.889. The minimum atomic E-state index is -0.0825. The summed E-state index contributed by atoms with van der Waals surface area (Å²) in [5.74, 6) is 2.83. The first-order valence-corrected chi connectivity index (χ1v) is 7.48. The van der Waals surface area contributed by atoms with Crippen molar-refractivity contribution in [1.29, 1.82) is 0 Å². The van der Waals surface area contributed by atoms with Gasteiger partial charge in [-0.2, -0.15) is 0 Å².